The number of carbonyl (C=O) groups is 2. The Balaban J connectivity index is 2.53. The Morgan fingerprint density at radius 1 is 1.05 bits per heavy atom. The molecule has 0 bridgehead atoms. The van der Waals surface area contributed by atoms with E-state index < -0.39 is 5.97 Å². The SMILES string of the molecule is CCCNC(=O)c1cccc(-c2ccccc2)c1C(=O)O. The molecule has 0 atom stereocenters. The van der Waals surface area contributed by atoms with E-state index in [1.165, 1.54) is 0 Å². The quantitative estimate of drug-likeness (QED) is 0.885. The topological polar surface area (TPSA) is 66.4 Å². The molecule has 0 radical (unpaired) electrons. The van der Waals surface area contributed by atoms with Crippen LogP contribution in [0.2, 0.25) is 0 Å². The van der Waals surface area contributed by atoms with Crippen LogP contribution in [0, 0.1) is 0 Å². The van der Waals surface area contributed by atoms with Crippen LogP contribution in [0.25, 0.3) is 11.1 Å². The summed E-state index contributed by atoms with van der Waals surface area (Å²) in [6.07, 6.45) is 0.798. The number of amides is 1. The minimum Gasteiger partial charge on any atom is -0.478 e. The van der Waals surface area contributed by atoms with Gasteiger partial charge in [0.25, 0.3) is 5.91 Å². The van der Waals surface area contributed by atoms with Crippen molar-refractivity contribution < 1.29 is 14.7 Å². The molecule has 2 aromatic rings. The van der Waals surface area contributed by atoms with E-state index in [1.54, 1.807) is 18.2 Å². The molecule has 2 N–H and O–H groups in total. The number of nitrogens with one attached hydrogen (secondary N) is 1. The molecule has 0 spiro atoms. The molecule has 21 heavy (non-hydrogen) atoms. The summed E-state index contributed by atoms with van der Waals surface area (Å²) < 4.78 is 0. The fourth-order valence-corrected chi connectivity index (χ4v) is 2.16. The second-order valence-electron chi connectivity index (χ2n) is 4.66. The maximum atomic E-state index is 12.1. The van der Waals surface area contributed by atoms with Gasteiger partial charge in [0.05, 0.1) is 11.1 Å². The molecule has 2 rings (SSSR count). The molecular weight excluding hydrogens is 266 g/mol. The van der Waals surface area contributed by atoms with Gasteiger partial charge in [-0.2, -0.15) is 0 Å². The third-order valence-corrected chi connectivity index (χ3v) is 3.14. The van der Waals surface area contributed by atoms with Crippen LogP contribution in [0.15, 0.2) is 48.5 Å². The van der Waals surface area contributed by atoms with Crippen molar-refractivity contribution in [3.05, 3.63) is 59.7 Å². The average Bonchev–Trinajstić information content (AvgIpc) is 2.52. The minimum atomic E-state index is -1.10. The summed E-state index contributed by atoms with van der Waals surface area (Å²) >= 11 is 0. The first kappa shape index (κ1) is 14.8. The monoisotopic (exact) mass is 283 g/mol. The van der Waals surface area contributed by atoms with Gasteiger partial charge in [0, 0.05) is 6.54 Å². The molecule has 0 aliphatic carbocycles. The van der Waals surface area contributed by atoms with E-state index in [0.29, 0.717) is 12.1 Å². The summed E-state index contributed by atoms with van der Waals surface area (Å²) in [6, 6.07) is 14.2. The van der Waals surface area contributed by atoms with Crippen LogP contribution in [-0.2, 0) is 0 Å². The molecule has 4 heteroatoms. The van der Waals surface area contributed by atoms with Crippen LogP contribution < -0.4 is 5.32 Å². The molecular formula is C17H17NO3. The zero-order valence-electron chi connectivity index (χ0n) is 11.8. The van der Waals surface area contributed by atoms with Crippen molar-refractivity contribution in [3.8, 4) is 11.1 Å². The van der Waals surface area contributed by atoms with Gasteiger partial charge in [0.15, 0.2) is 0 Å². The Labute approximate surface area is 123 Å². The Kier molecular flexibility index (Phi) is 4.72. The van der Waals surface area contributed by atoms with Crippen molar-refractivity contribution in [2.45, 2.75) is 13.3 Å². The lowest BCUT2D eigenvalue weighted by molar-refractivity contribution is 0.0692. The summed E-state index contributed by atoms with van der Waals surface area (Å²) in [5.41, 5.74) is 1.56. The number of hydrogen-bond acceptors (Lipinski definition) is 2. The fourth-order valence-electron chi connectivity index (χ4n) is 2.16. The second kappa shape index (κ2) is 6.70. The van der Waals surface area contributed by atoms with Crippen molar-refractivity contribution in [3.63, 3.8) is 0 Å². The molecule has 0 aliphatic heterocycles. The normalized spacial score (nSPS) is 10.1. The van der Waals surface area contributed by atoms with Gasteiger partial charge in [-0.3, -0.25) is 4.79 Å². The standard InChI is InChI=1S/C17H17NO3/c1-2-11-18-16(19)14-10-6-9-13(15(14)17(20)21)12-7-4-3-5-8-12/h3-10H,2,11H2,1H3,(H,18,19)(H,20,21). The van der Waals surface area contributed by atoms with E-state index in [4.69, 9.17) is 0 Å². The van der Waals surface area contributed by atoms with E-state index in [-0.39, 0.29) is 17.0 Å². The van der Waals surface area contributed by atoms with Crippen molar-refractivity contribution >= 4 is 11.9 Å². The molecule has 0 unspecified atom stereocenters. The molecule has 0 saturated heterocycles. The fraction of sp³-hybridized carbons (Fsp3) is 0.176. The minimum absolute atomic E-state index is 0.0392. The Hall–Kier alpha value is -2.62. The molecule has 1 amide bonds. The van der Waals surface area contributed by atoms with Crippen molar-refractivity contribution in [2.24, 2.45) is 0 Å². The average molecular weight is 283 g/mol. The molecule has 0 aliphatic rings. The van der Waals surface area contributed by atoms with Crippen LogP contribution in [0.1, 0.15) is 34.1 Å². The summed E-state index contributed by atoms with van der Waals surface area (Å²) in [5.74, 6) is -1.46. The largest absolute Gasteiger partial charge is 0.478 e. The van der Waals surface area contributed by atoms with E-state index in [9.17, 15) is 14.7 Å². The highest BCUT2D eigenvalue weighted by atomic mass is 16.4. The second-order valence-corrected chi connectivity index (χ2v) is 4.66. The maximum Gasteiger partial charge on any atom is 0.337 e. The number of aromatic carboxylic acids is 1. The van der Waals surface area contributed by atoms with Crippen LogP contribution in [0.3, 0.4) is 0 Å². The lowest BCUT2D eigenvalue weighted by atomic mass is 9.95. The first-order valence-corrected chi connectivity index (χ1v) is 6.85. The number of hydrogen-bond donors (Lipinski definition) is 2. The van der Waals surface area contributed by atoms with E-state index in [1.807, 2.05) is 37.3 Å². The highest BCUT2D eigenvalue weighted by Gasteiger charge is 2.20. The van der Waals surface area contributed by atoms with Gasteiger partial charge < -0.3 is 10.4 Å². The Morgan fingerprint density at radius 2 is 1.76 bits per heavy atom. The highest BCUT2D eigenvalue weighted by molar-refractivity contribution is 6.08. The van der Waals surface area contributed by atoms with Gasteiger partial charge in [0.1, 0.15) is 0 Å². The summed E-state index contributed by atoms with van der Waals surface area (Å²) in [4.78, 5) is 23.8. The van der Waals surface area contributed by atoms with Gasteiger partial charge in [0.2, 0.25) is 0 Å². The summed E-state index contributed by atoms with van der Waals surface area (Å²) in [6.45, 7) is 2.46. The van der Waals surface area contributed by atoms with Gasteiger partial charge in [-0.1, -0.05) is 49.4 Å². The van der Waals surface area contributed by atoms with Crippen LogP contribution in [0.4, 0.5) is 0 Å². The number of benzene rings is 2. The zero-order valence-corrected chi connectivity index (χ0v) is 11.8. The lowest BCUT2D eigenvalue weighted by Gasteiger charge is -2.12. The van der Waals surface area contributed by atoms with E-state index in [2.05, 4.69) is 5.32 Å². The predicted octanol–water partition coefficient (Wildman–Crippen LogP) is 3.19. The van der Waals surface area contributed by atoms with Crippen LogP contribution >= 0.6 is 0 Å². The smallest absolute Gasteiger partial charge is 0.337 e. The van der Waals surface area contributed by atoms with Gasteiger partial charge in [-0.15, -0.1) is 0 Å². The third-order valence-electron chi connectivity index (χ3n) is 3.14. The van der Waals surface area contributed by atoms with Crippen molar-refractivity contribution in [1.29, 1.82) is 0 Å². The third kappa shape index (κ3) is 3.28. The molecule has 108 valence electrons. The zero-order chi connectivity index (χ0) is 15.2. The van der Waals surface area contributed by atoms with Gasteiger partial charge in [-0.25, -0.2) is 4.79 Å². The van der Waals surface area contributed by atoms with Gasteiger partial charge >= 0.3 is 5.97 Å². The first-order valence-electron chi connectivity index (χ1n) is 6.85. The molecule has 4 nitrogen and oxygen atoms in total. The number of carboxylic acid groups (broad SMARTS) is 1. The Bertz CT molecular complexity index is 650. The van der Waals surface area contributed by atoms with Crippen molar-refractivity contribution in [2.75, 3.05) is 6.54 Å². The Morgan fingerprint density at radius 3 is 2.38 bits per heavy atom. The predicted molar refractivity (Wildman–Crippen MR) is 81.5 cm³/mol. The molecule has 0 saturated carbocycles. The lowest BCUT2D eigenvalue weighted by Crippen LogP contribution is -2.26. The number of carbonyl (C=O) groups excluding carboxylic acids is 1. The molecule has 0 aromatic heterocycles. The van der Waals surface area contributed by atoms with Crippen LogP contribution in [-0.4, -0.2) is 23.5 Å². The summed E-state index contributed by atoms with van der Waals surface area (Å²) in [5, 5.41) is 12.2. The van der Waals surface area contributed by atoms with Crippen LogP contribution in [0.5, 0.6) is 0 Å². The van der Waals surface area contributed by atoms with Gasteiger partial charge in [-0.05, 0) is 23.6 Å². The maximum absolute atomic E-state index is 12.1. The molecule has 0 heterocycles. The summed E-state index contributed by atoms with van der Waals surface area (Å²) in [7, 11) is 0. The van der Waals surface area contributed by atoms with E-state index >= 15 is 0 Å². The molecule has 0 fully saturated rings. The number of rotatable bonds is 5. The molecule has 2 aromatic carbocycles. The highest BCUT2D eigenvalue weighted by Crippen LogP contribution is 2.26. The first-order chi connectivity index (χ1) is 10.1. The number of carboxylic acids is 1. The van der Waals surface area contributed by atoms with E-state index in [0.717, 1.165) is 12.0 Å². The van der Waals surface area contributed by atoms with Crippen molar-refractivity contribution in [1.82, 2.24) is 5.32 Å².